The van der Waals surface area contributed by atoms with Gasteiger partial charge in [-0.3, -0.25) is 4.57 Å². The smallest absolute Gasteiger partial charge is 0.214 e. The van der Waals surface area contributed by atoms with E-state index in [1.54, 1.807) is 13.3 Å². The number of benzene rings is 2. The molecule has 0 amide bonds. The monoisotopic (exact) mass is 264 g/mol. The minimum absolute atomic E-state index is 0.668. The Hall–Kier alpha value is -2.55. The lowest BCUT2D eigenvalue weighted by molar-refractivity contribution is 0.379. The first-order chi connectivity index (χ1) is 9.85. The predicted octanol–water partition coefficient (Wildman–Crippen LogP) is 3.90. The van der Waals surface area contributed by atoms with Crippen molar-refractivity contribution in [2.24, 2.45) is 0 Å². The lowest BCUT2D eigenvalue weighted by Gasteiger charge is -2.10. The first-order valence-electron chi connectivity index (χ1n) is 6.53. The summed E-state index contributed by atoms with van der Waals surface area (Å²) in [7, 11) is 1.66. The molecular formula is C17H16N2O. The van der Waals surface area contributed by atoms with Crippen LogP contribution in [0.15, 0.2) is 61.3 Å². The van der Waals surface area contributed by atoms with Gasteiger partial charge in [0.2, 0.25) is 5.88 Å². The van der Waals surface area contributed by atoms with Gasteiger partial charge in [-0.05, 0) is 10.8 Å². The SMILES string of the molecule is C=CCn1c(OC)cnc1-c1cccc2ccccc12. The molecule has 0 saturated carbocycles. The molecule has 0 radical (unpaired) electrons. The van der Waals surface area contributed by atoms with Gasteiger partial charge in [-0.15, -0.1) is 6.58 Å². The van der Waals surface area contributed by atoms with Gasteiger partial charge in [-0.2, -0.15) is 0 Å². The zero-order valence-electron chi connectivity index (χ0n) is 11.4. The van der Waals surface area contributed by atoms with Gasteiger partial charge in [-0.1, -0.05) is 48.5 Å². The molecule has 0 N–H and O–H groups in total. The molecule has 2 aromatic carbocycles. The highest BCUT2D eigenvalue weighted by Crippen LogP contribution is 2.30. The van der Waals surface area contributed by atoms with E-state index < -0.39 is 0 Å². The van der Waals surface area contributed by atoms with Crippen LogP contribution in [0, 0.1) is 0 Å². The summed E-state index contributed by atoms with van der Waals surface area (Å²) in [6, 6.07) is 14.6. The molecule has 0 fully saturated rings. The Bertz CT molecular complexity index is 753. The van der Waals surface area contributed by atoms with Crippen LogP contribution in [0.1, 0.15) is 0 Å². The number of hydrogen-bond acceptors (Lipinski definition) is 2. The van der Waals surface area contributed by atoms with E-state index in [0.717, 1.165) is 17.3 Å². The van der Waals surface area contributed by atoms with Crippen molar-refractivity contribution < 1.29 is 4.74 Å². The summed E-state index contributed by atoms with van der Waals surface area (Å²) in [5.41, 5.74) is 1.10. The van der Waals surface area contributed by atoms with E-state index in [2.05, 4.69) is 41.9 Å². The van der Waals surface area contributed by atoms with Gasteiger partial charge in [0, 0.05) is 12.1 Å². The minimum Gasteiger partial charge on any atom is -0.481 e. The predicted molar refractivity (Wildman–Crippen MR) is 81.9 cm³/mol. The van der Waals surface area contributed by atoms with Crippen LogP contribution in [-0.4, -0.2) is 16.7 Å². The summed E-state index contributed by atoms with van der Waals surface area (Å²) in [6.07, 6.45) is 3.60. The van der Waals surface area contributed by atoms with Crippen LogP contribution in [0.25, 0.3) is 22.2 Å². The maximum atomic E-state index is 5.36. The molecule has 0 saturated heterocycles. The molecule has 1 heterocycles. The molecule has 1 aromatic heterocycles. The van der Waals surface area contributed by atoms with Crippen molar-refractivity contribution in [2.45, 2.75) is 6.54 Å². The number of methoxy groups -OCH3 is 1. The van der Waals surface area contributed by atoms with Crippen molar-refractivity contribution in [3.8, 4) is 17.3 Å². The maximum absolute atomic E-state index is 5.36. The molecule has 0 aliphatic heterocycles. The number of allylic oxidation sites excluding steroid dienone is 1. The van der Waals surface area contributed by atoms with Gasteiger partial charge in [0.05, 0.1) is 13.3 Å². The lowest BCUT2D eigenvalue weighted by Crippen LogP contribution is -2.01. The highest BCUT2D eigenvalue weighted by atomic mass is 16.5. The molecule has 100 valence electrons. The normalized spacial score (nSPS) is 10.7. The number of imidazole rings is 1. The van der Waals surface area contributed by atoms with Crippen molar-refractivity contribution >= 4 is 10.8 Å². The number of hydrogen-bond donors (Lipinski definition) is 0. The number of aromatic nitrogens is 2. The molecule has 3 heteroatoms. The summed E-state index contributed by atoms with van der Waals surface area (Å²) in [4.78, 5) is 4.52. The van der Waals surface area contributed by atoms with Crippen molar-refractivity contribution in [3.63, 3.8) is 0 Å². The topological polar surface area (TPSA) is 27.1 Å². The third-order valence-electron chi connectivity index (χ3n) is 3.37. The fraction of sp³-hybridized carbons (Fsp3) is 0.118. The summed E-state index contributed by atoms with van der Waals surface area (Å²) in [5, 5.41) is 2.39. The van der Waals surface area contributed by atoms with Gasteiger partial charge in [0.1, 0.15) is 5.82 Å². The summed E-state index contributed by atoms with van der Waals surface area (Å²) >= 11 is 0. The van der Waals surface area contributed by atoms with E-state index in [9.17, 15) is 0 Å². The average Bonchev–Trinajstić information content (AvgIpc) is 2.90. The first kappa shape index (κ1) is 12.5. The fourth-order valence-corrected chi connectivity index (χ4v) is 2.46. The Balaban J connectivity index is 2.25. The average molecular weight is 264 g/mol. The zero-order valence-corrected chi connectivity index (χ0v) is 11.4. The van der Waals surface area contributed by atoms with E-state index in [0.29, 0.717) is 6.54 Å². The second-order valence-electron chi connectivity index (χ2n) is 4.55. The Morgan fingerprint density at radius 3 is 2.80 bits per heavy atom. The molecular weight excluding hydrogens is 248 g/mol. The van der Waals surface area contributed by atoms with Crippen LogP contribution in [0.2, 0.25) is 0 Å². The van der Waals surface area contributed by atoms with E-state index in [-0.39, 0.29) is 0 Å². The number of rotatable bonds is 4. The second kappa shape index (κ2) is 5.21. The van der Waals surface area contributed by atoms with Gasteiger partial charge in [0.15, 0.2) is 0 Å². The van der Waals surface area contributed by atoms with Crippen molar-refractivity contribution in [3.05, 3.63) is 61.3 Å². The molecule has 3 nitrogen and oxygen atoms in total. The van der Waals surface area contributed by atoms with Gasteiger partial charge in [0.25, 0.3) is 0 Å². The summed E-state index contributed by atoms with van der Waals surface area (Å²) in [5.74, 6) is 1.64. The lowest BCUT2D eigenvalue weighted by atomic mass is 10.0. The molecule has 0 aliphatic carbocycles. The Morgan fingerprint density at radius 2 is 2.00 bits per heavy atom. The molecule has 20 heavy (non-hydrogen) atoms. The zero-order chi connectivity index (χ0) is 13.9. The Kier molecular flexibility index (Phi) is 3.25. The second-order valence-corrected chi connectivity index (χ2v) is 4.55. The molecule has 0 bridgehead atoms. The molecule has 0 atom stereocenters. The van der Waals surface area contributed by atoms with Crippen LogP contribution in [0.5, 0.6) is 5.88 Å². The summed E-state index contributed by atoms with van der Waals surface area (Å²) in [6.45, 7) is 4.47. The Morgan fingerprint density at radius 1 is 1.20 bits per heavy atom. The highest BCUT2D eigenvalue weighted by Gasteiger charge is 2.13. The maximum Gasteiger partial charge on any atom is 0.214 e. The largest absolute Gasteiger partial charge is 0.481 e. The van der Waals surface area contributed by atoms with Crippen molar-refractivity contribution in [1.29, 1.82) is 0 Å². The van der Waals surface area contributed by atoms with Gasteiger partial charge in [-0.25, -0.2) is 4.98 Å². The van der Waals surface area contributed by atoms with E-state index >= 15 is 0 Å². The van der Waals surface area contributed by atoms with E-state index in [1.165, 1.54) is 10.8 Å². The Labute approximate surface area is 118 Å². The highest BCUT2D eigenvalue weighted by molar-refractivity contribution is 5.95. The first-order valence-corrected chi connectivity index (χ1v) is 6.53. The molecule has 3 aromatic rings. The summed E-state index contributed by atoms with van der Waals surface area (Å²) < 4.78 is 7.39. The van der Waals surface area contributed by atoms with Crippen LogP contribution in [0.4, 0.5) is 0 Å². The van der Waals surface area contributed by atoms with E-state index in [1.807, 2.05) is 22.8 Å². The van der Waals surface area contributed by atoms with Crippen LogP contribution < -0.4 is 4.74 Å². The van der Waals surface area contributed by atoms with E-state index in [4.69, 9.17) is 4.74 Å². The van der Waals surface area contributed by atoms with Crippen LogP contribution in [0.3, 0.4) is 0 Å². The molecule has 3 rings (SSSR count). The number of ether oxygens (including phenoxy) is 1. The molecule has 0 unspecified atom stereocenters. The molecule has 0 spiro atoms. The third kappa shape index (κ3) is 1.97. The fourth-order valence-electron chi connectivity index (χ4n) is 2.46. The minimum atomic E-state index is 0.668. The standard InChI is InChI=1S/C17H16N2O/c1-3-11-19-16(20-2)12-18-17(19)15-10-6-8-13-7-4-5-9-14(13)15/h3-10,12H,1,11H2,2H3. The van der Waals surface area contributed by atoms with Crippen LogP contribution >= 0.6 is 0 Å². The van der Waals surface area contributed by atoms with Crippen LogP contribution in [-0.2, 0) is 6.54 Å². The van der Waals surface area contributed by atoms with Gasteiger partial charge >= 0.3 is 0 Å². The molecule has 0 aliphatic rings. The van der Waals surface area contributed by atoms with Gasteiger partial charge < -0.3 is 4.74 Å². The van der Waals surface area contributed by atoms with Crippen molar-refractivity contribution in [1.82, 2.24) is 9.55 Å². The number of fused-ring (bicyclic) bond motifs is 1. The quantitative estimate of drug-likeness (QED) is 0.668. The number of nitrogens with zero attached hydrogens (tertiary/aromatic N) is 2. The third-order valence-corrected chi connectivity index (χ3v) is 3.37. The van der Waals surface area contributed by atoms with Crippen molar-refractivity contribution in [2.75, 3.05) is 7.11 Å².